The number of aryl methyl sites for hydroxylation is 1. The highest BCUT2D eigenvalue weighted by Gasteiger charge is 2.45. The zero-order valence-electron chi connectivity index (χ0n) is 30.2. The number of carboxylic acids is 1. The van der Waals surface area contributed by atoms with Crippen molar-refractivity contribution in [3.63, 3.8) is 0 Å². The number of carboxylic acid groups (broad SMARTS) is 1. The number of alkyl halides is 1. The molecule has 12 nitrogen and oxygen atoms in total. The molecule has 55 heavy (non-hydrogen) atoms. The third-order valence-corrected chi connectivity index (χ3v) is 12.7. The minimum atomic E-state index is -4.02. The quantitative estimate of drug-likeness (QED) is 0.0657. The van der Waals surface area contributed by atoms with Crippen molar-refractivity contribution >= 4 is 78.7 Å². The van der Waals surface area contributed by atoms with Gasteiger partial charge in [-0.1, -0.05) is 59.8 Å². The van der Waals surface area contributed by atoms with Crippen LogP contribution in [0.1, 0.15) is 28.7 Å². The van der Waals surface area contributed by atoms with Gasteiger partial charge < -0.3 is 26.0 Å². The maximum absolute atomic E-state index is 11.8. The number of nitrogens with zero attached hydrogens (tertiary/aromatic N) is 2. The molecular weight excluding hydrogens is 804 g/mol. The van der Waals surface area contributed by atoms with Gasteiger partial charge >= 0.3 is 5.97 Å². The summed E-state index contributed by atoms with van der Waals surface area (Å²) in [6.07, 6.45) is 0.418. The number of hydrogen-bond donors (Lipinski definition) is 4. The molecule has 5 aromatic rings. The number of thiazole rings is 1. The van der Waals surface area contributed by atoms with Crippen LogP contribution in [0.25, 0.3) is 10.2 Å². The molecule has 17 heteroatoms. The molecule has 0 radical (unpaired) electrons. The monoisotopic (exact) mass is 844 g/mol. The lowest BCUT2D eigenvalue weighted by molar-refractivity contribution is -0.146. The molecule has 7 rings (SSSR count). The predicted molar refractivity (Wildman–Crippen MR) is 220 cm³/mol. The molecule has 0 aliphatic carbocycles. The van der Waals surface area contributed by atoms with Gasteiger partial charge in [-0.2, -0.15) is 8.42 Å². The summed E-state index contributed by atoms with van der Waals surface area (Å²) in [6, 6.07) is 27.3. The summed E-state index contributed by atoms with van der Waals surface area (Å²) in [7, 11) is -0.719. The van der Waals surface area contributed by atoms with Crippen molar-refractivity contribution in [1.82, 2.24) is 9.88 Å². The van der Waals surface area contributed by atoms with Crippen molar-refractivity contribution in [3.8, 4) is 11.5 Å². The van der Waals surface area contributed by atoms with Crippen LogP contribution in [0.2, 0.25) is 0 Å². The Balaban J connectivity index is 0.000000182. The van der Waals surface area contributed by atoms with Gasteiger partial charge in [-0.3, -0.25) is 14.2 Å². The third-order valence-electron chi connectivity index (χ3n) is 7.93. The number of carbonyl (C=O) groups excluding carboxylic acids is 1. The van der Waals surface area contributed by atoms with Gasteiger partial charge in [-0.25, -0.2) is 9.78 Å². The highest BCUT2D eigenvalue weighted by Crippen LogP contribution is 2.46. The van der Waals surface area contributed by atoms with Crippen LogP contribution in [0.4, 0.5) is 0 Å². The molecule has 1 aromatic heterocycles. The van der Waals surface area contributed by atoms with Gasteiger partial charge in [0.1, 0.15) is 17.2 Å². The van der Waals surface area contributed by atoms with E-state index in [1.165, 1.54) is 40.1 Å². The molecule has 292 valence electrons. The average molecular weight is 845 g/mol. The smallest absolute Gasteiger partial charge is 0.353 e. The van der Waals surface area contributed by atoms with Crippen LogP contribution in [-0.4, -0.2) is 65.2 Å². The standard InChI is InChI=1S/C15H11ClN2O3S3.2C8H11NO.C7H8O3S/c16-5-7-1-2-9-8(3-7)17-15(23-9)24-10-6-22-12-4-11(19)18(12)13(10)14(20)21;2*1-10-8-4-2-7(6-9)3-5-8;1-6-2-4-7(5-3-6)11(8,9)10/h1-3,12H,4-6H2,(H,20,21);2*2-5H,6,9H2,1H3;2-5H,1H3,(H,8,9,10)/t12-;;;/m0.../s1. The molecule has 1 amide bonds. The Morgan fingerprint density at radius 2 is 1.47 bits per heavy atom. The molecule has 2 aliphatic heterocycles. The molecule has 1 atom stereocenters. The van der Waals surface area contributed by atoms with Gasteiger partial charge in [0.2, 0.25) is 5.91 Å². The van der Waals surface area contributed by atoms with Crippen molar-refractivity contribution in [2.75, 3.05) is 20.0 Å². The fourth-order valence-electron chi connectivity index (χ4n) is 4.88. The number of rotatable bonds is 9. The second-order valence-corrected chi connectivity index (χ2v) is 16.9. The van der Waals surface area contributed by atoms with E-state index in [1.54, 1.807) is 38.1 Å². The number of hydrogen-bond acceptors (Lipinski definition) is 12. The molecule has 4 aromatic carbocycles. The Labute approximate surface area is 337 Å². The van der Waals surface area contributed by atoms with Gasteiger partial charge in [0.05, 0.1) is 41.1 Å². The molecule has 1 fully saturated rings. The minimum Gasteiger partial charge on any atom is -0.497 e. The van der Waals surface area contributed by atoms with Crippen LogP contribution >= 0.6 is 46.5 Å². The van der Waals surface area contributed by atoms with E-state index in [0.29, 0.717) is 36.0 Å². The fourth-order valence-corrected chi connectivity index (χ4v) is 9.13. The summed E-state index contributed by atoms with van der Waals surface area (Å²) in [6.45, 7) is 3.02. The zero-order chi connectivity index (χ0) is 40.1. The number of halogens is 1. The molecule has 3 heterocycles. The number of thioether (sulfide) groups is 2. The van der Waals surface area contributed by atoms with Gasteiger partial charge in [-0.15, -0.1) is 34.7 Å². The molecule has 0 saturated carbocycles. The zero-order valence-corrected chi connectivity index (χ0v) is 34.2. The number of methoxy groups -OCH3 is 2. The normalized spacial score (nSPS) is 14.6. The first kappa shape index (κ1) is 43.6. The lowest BCUT2D eigenvalue weighted by Crippen LogP contribution is -2.53. The van der Waals surface area contributed by atoms with Crippen LogP contribution < -0.4 is 20.9 Å². The maximum atomic E-state index is 11.8. The summed E-state index contributed by atoms with van der Waals surface area (Å²) < 4.78 is 41.3. The van der Waals surface area contributed by atoms with E-state index in [9.17, 15) is 23.1 Å². The second kappa shape index (κ2) is 20.7. The van der Waals surface area contributed by atoms with E-state index in [0.717, 1.165) is 48.3 Å². The number of nitrogens with two attached hydrogens (primary N) is 2. The Morgan fingerprint density at radius 1 is 0.927 bits per heavy atom. The van der Waals surface area contributed by atoms with Gasteiger partial charge in [0.25, 0.3) is 10.1 Å². The number of aromatic nitrogens is 1. The SMILES string of the molecule is COc1ccc(CN)cc1.COc1ccc(CN)cc1.Cc1ccc(S(=O)(=O)O)cc1.O=C(O)C1=C(Sc2nc3cc(CCl)ccc3s2)CS[C@H]2CC(=O)N12. The largest absolute Gasteiger partial charge is 0.497 e. The van der Waals surface area contributed by atoms with E-state index < -0.39 is 16.1 Å². The summed E-state index contributed by atoms with van der Waals surface area (Å²) in [5.41, 5.74) is 16.0. The number of aliphatic carboxylic acids is 1. The second-order valence-electron chi connectivity index (χ2n) is 11.7. The third kappa shape index (κ3) is 12.4. The molecule has 2 aliphatic rings. The van der Waals surface area contributed by atoms with E-state index in [4.69, 9.17) is 37.1 Å². The lowest BCUT2D eigenvalue weighted by Gasteiger charge is -2.43. The predicted octanol–water partition coefficient (Wildman–Crippen LogP) is 7.28. The van der Waals surface area contributed by atoms with Crippen molar-refractivity contribution in [3.05, 3.63) is 124 Å². The first-order valence-electron chi connectivity index (χ1n) is 16.5. The Kier molecular flexibility index (Phi) is 16.4. The number of fused-ring (bicyclic) bond motifs is 2. The maximum Gasteiger partial charge on any atom is 0.353 e. The summed E-state index contributed by atoms with van der Waals surface area (Å²) >= 11 is 10.3. The number of β-lactam (4-membered cyclic amide) rings is 1. The molecular formula is C38H41ClN4O8S4. The summed E-state index contributed by atoms with van der Waals surface area (Å²) in [5, 5.41) is 9.50. The Bertz CT molecular complexity index is 2110. The van der Waals surface area contributed by atoms with Crippen LogP contribution in [-0.2, 0) is 38.7 Å². The fraction of sp³-hybridized carbons (Fsp3) is 0.237. The van der Waals surface area contributed by atoms with Crippen LogP contribution in [0, 0.1) is 6.92 Å². The highest BCUT2D eigenvalue weighted by molar-refractivity contribution is 8.07. The highest BCUT2D eigenvalue weighted by atomic mass is 35.5. The van der Waals surface area contributed by atoms with Gasteiger partial charge in [0, 0.05) is 29.6 Å². The number of ether oxygens (including phenoxy) is 2. The number of amides is 1. The molecule has 6 N–H and O–H groups in total. The van der Waals surface area contributed by atoms with Crippen molar-refractivity contribution in [2.45, 2.75) is 46.9 Å². The van der Waals surface area contributed by atoms with Crippen LogP contribution in [0.5, 0.6) is 11.5 Å². The van der Waals surface area contributed by atoms with Crippen LogP contribution in [0.3, 0.4) is 0 Å². The van der Waals surface area contributed by atoms with E-state index in [-0.39, 0.29) is 21.9 Å². The van der Waals surface area contributed by atoms with Crippen molar-refractivity contribution < 1.29 is 37.1 Å². The van der Waals surface area contributed by atoms with Crippen molar-refractivity contribution in [1.29, 1.82) is 0 Å². The van der Waals surface area contributed by atoms with Crippen LogP contribution in [0.15, 0.2) is 111 Å². The minimum absolute atomic E-state index is 0.0328. The van der Waals surface area contributed by atoms with Crippen molar-refractivity contribution in [2.24, 2.45) is 11.5 Å². The van der Waals surface area contributed by atoms with E-state index in [2.05, 4.69) is 4.98 Å². The van der Waals surface area contributed by atoms with Gasteiger partial charge in [0.15, 0.2) is 4.34 Å². The number of carbonyl (C=O) groups is 2. The molecule has 0 spiro atoms. The topological polar surface area (TPSA) is 195 Å². The first-order chi connectivity index (χ1) is 26.3. The lowest BCUT2D eigenvalue weighted by atomic mass is 10.1. The molecule has 0 unspecified atom stereocenters. The Hall–Kier alpha value is -4.13. The number of benzene rings is 4. The first-order valence-corrected chi connectivity index (χ1v) is 21.2. The van der Waals surface area contributed by atoms with E-state index >= 15 is 0 Å². The summed E-state index contributed by atoms with van der Waals surface area (Å²) in [4.78, 5) is 30.0. The van der Waals surface area contributed by atoms with E-state index in [1.807, 2.05) is 73.7 Å². The molecule has 1 saturated heterocycles. The molecule has 0 bridgehead atoms. The summed E-state index contributed by atoms with van der Waals surface area (Å²) in [5.74, 6) is 1.58. The Morgan fingerprint density at radius 3 is 1.93 bits per heavy atom. The average Bonchev–Trinajstić information content (AvgIpc) is 3.60. The van der Waals surface area contributed by atoms with Gasteiger partial charge in [-0.05, 0) is 72.1 Å².